The number of nitrogens with zero attached hydrogens (tertiary/aromatic N) is 1. The van der Waals surface area contributed by atoms with E-state index in [0.29, 0.717) is 28.8 Å². The summed E-state index contributed by atoms with van der Waals surface area (Å²) in [4.78, 5) is 28.5. The van der Waals surface area contributed by atoms with E-state index >= 15 is 0 Å². The van der Waals surface area contributed by atoms with Crippen LogP contribution >= 0.6 is 0 Å². The number of Topliss-reactive ketones (excluding diaryl/α,β-unsaturated/α-hetero) is 1. The molecule has 9 nitrogen and oxygen atoms in total. The van der Waals surface area contributed by atoms with Crippen LogP contribution in [0.4, 0.5) is 10.1 Å². The molecule has 1 spiro atoms. The van der Waals surface area contributed by atoms with E-state index in [1.165, 1.54) is 24.3 Å². The summed E-state index contributed by atoms with van der Waals surface area (Å²) in [5.74, 6) is -1.34. The van der Waals surface area contributed by atoms with Crippen molar-refractivity contribution in [3.05, 3.63) is 94.8 Å². The summed E-state index contributed by atoms with van der Waals surface area (Å²) in [5, 5.41) is 52.4. The number of ketones is 1. The number of halogens is 1. The summed E-state index contributed by atoms with van der Waals surface area (Å²) in [5.41, 5.74) is 0.996. The first-order valence-electron chi connectivity index (χ1n) is 15.3. The van der Waals surface area contributed by atoms with Gasteiger partial charge in [-0.15, -0.1) is 0 Å². The first kappa shape index (κ1) is 31.3. The number of rotatable bonds is 9. The maximum Gasteiger partial charge on any atom is 0.236 e. The van der Waals surface area contributed by atoms with E-state index in [9.17, 15) is 39.5 Å². The summed E-state index contributed by atoms with van der Waals surface area (Å²) in [7, 11) is 0. The van der Waals surface area contributed by atoms with Crippen molar-refractivity contribution in [3.8, 4) is 5.75 Å². The minimum absolute atomic E-state index is 0.0475. The first-order chi connectivity index (χ1) is 21.4. The van der Waals surface area contributed by atoms with Gasteiger partial charge in [-0.05, 0) is 79.8 Å². The van der Waals surface area contributed by atoms with Crippen molar-refractivity contribution in [2.24, 2.45) is 5.41 Å². The molecule has 1 saturated carbocycles. The van der Waals surface area contributed by atoms with Gasteiger partial charge in [-0.2, -0.15) is 0 Å². The Morgan fingerprint density at radius 3 is 2.33 bits per heavy atom. The Morgan fingerprint density at radius 2 is 1.71 bits per heavy atom. The van der Waals surface area contributed by atoms with Gasteiger partial charge in [0.15, 0.2) is 5.78 Å². The molecular formula is C35H38FNO8. The maximum atomic E-state index is 13.8. The standard InChI is InChI=1S/C35H38FNO8/c1-3-19-4-11-23(12-5-19)37-31(34(2,33(37)44)15-14-26(39)20-6-9-22(36)10-7-20)24-13-8-21(16-27(24)40)25-17-35(25)32(43)30(42)29(41)28(18-38)45-35/h4-13,16,25,28-32,38,40-43H,3,14-15,17-18H2,1-2H3/t25-,28+,29+,30-,31+,32+,34+,35?/m0/s1. The zero-order valence-electron chi connectivity index (χ0n) is 25.1. The van der Waals surface area contributed by atoms with Crippen molar-refractivity contribution in [1.82, 2.24) is 0 Å². The fraction of sp³-hybridized carbons (Fsp3) is 0.429. The summed E-state index contributed by atoms with van der Waals surface area (Å²) < 4.78 is 19.3. The van der Waals surface area contributed by atoms with Crippen LogP contribution < -0.4 is 4.90 Å². The Hall–Kier alpha value is -3.67. The lowest BCUT2D eigenvalue weighted by Crippen LogP contribution is -2.62. The molecule has 238 valence electrons. The predicted octanol–water partition coefficient (Wildman–Crippen LogP) is 3.55. The van der Waals surface area contributed by atoms with E-state index < -0.39 is 59.8 Å². The smallest absolute Gasteiger partial charge is 0.236 e. The van der Waals surface area contributed by atoms with E-state index in [2.05, 4.69) is 0 Å². The highest BCUT2D eigenvalue weighted by atomic mass is 19.1. The van der Waals surface area contributed by atoms with Crippen LogP contribution in [0, 0.1) is 11.2 Å². The number of aliphatic hydroxyl groups is 4. The van der Waals surface area contributed by atoms with Crippen LogP contribution in [-0.4, -0.2) is 73.8 Å². The topological polar surface area (TPSA) is 148 Å². The third kappa shape index (κ3) is 5.14. The molecule has 8 atom stereocenters. The zero-order valence-corrected chi connectivity index (χ0v) is 25.1. The summed E-state index contributed by atoms with van der Waals surface area (Å²) in [6, 6.07) is 17.4. The molecule has 2 saturated heterocycles. The first-order valence-corrected chi connectivity index (χ1v) is 15.3. The Morgan fingerprint density at radius 1 is 1.02 bits per heavy atom. The molecule has 3 aliphatic rings. The Bertz CT molecular complexity index is 1590. The monoisotopic (exact) mass is 619 g/mol. The van der Waals surface area contributed by atoms with E-state index in [-0.39, 0.29) is 30.3 Å². The van der Waals surface area contributed by atoms with Gasteiger partial charge in [-0.3, -0.25) is 9.59 Å². The fourth-order valence-electron chi connectivity index (χ4n) is 7.15. The number of aliphatic hydroxyl groups excluding tert-OH is 4. The molecule has 3 aromatic carbocycles. The van der Waals surface area contributed by atoms with E-state index in [4.69, 9.17) is 4.74 Å². The lowest BCUT2D eigenvalue weighted by molar-refractivity contribution is -0.242. The lowest BCUT2D eigenvalue weighted by Gasteiger charge is -2.55. The number of aromatic hydroxyl groups is 1. The number of phenols is 1. The highest BCUT2D eigenvalue weighted by molar-refractivity contribution is 6.07. The van der Waals surface area contributed by atoms with Gasteiger partial charge in [0.25, 0.3) is 0 Å². The molecule has 1 aliphatic carbocycles. The van der Waals surface area contributed by atoms with Crippen LogP contribution in [0.25, 0.3) is 0 Å². The maximum absolute atomic E-state index is 13.8. The number of hydrogen-bond donors (Lipinski definition) is 5. The normalized spacial score (nSPS) is 32.4. The third-order valence-electron chi connectivity index (χ3n) is 10.0. The highest BCUT2D eigenvalue weighted by Crippen LogP contribution is 2.61. The summed E-state index contributed by atoms with van der Waals surface area (Å²) >= 11 is 0. The molecule has 10 heteroatoms. The molecule has 5 N–H and O–H groups in total. The molecule has 0 radical (unpaired) electrons. The van der Waals surface area contributed by atoms with Crippen LogP contribution in [-0.2, 0) is 16.0 Å². The van der Waals surface area contributed by atoms with Crippen molar-refractivity contribution in [2.75, 3.05) is 11.5 Å². The number of phenolic OH excluding ortho intramolecular Hbond substituents is 1. The van der Waals surface area contributed by atoms with Crippen LogP contribution in [0.15, 0.2) is 66.7 Å². The number of benzene rings is 3. The number of anilines is 1. The zero-order chi connectivity index (χ0) is 32.3. The van der Waals surface area contributed by atoms with Gasteiger partial charge in [0.05, 0.1) is 18.1 Å². The fourth-order valence-corrected chi connectivity index (χ4v) is 7.15. The molecule has 2 heterocycles. The number of ether oxygens (including phenoxy) is 1. The summed E-state index contributed by atoms with van der Waals surface area (Å²) in [6.45, 7) is 3.29. The number of β-lactam (4-membered cyclic amide) rings is 1. The molecule has 6 rings (SSSR count). The number of hydrogen-bond acceptors (Lipinski definition) is 8. The van der Waals surface area contributed by atoms with E-state index in [1.54, 1.807) is 30.0 Å². The van der Waals surface area contributed by atoms with Gasteiger partial charge in [-0.25, -0.2) is 4.39 Å². The number of amides is 1. The quantitative estimate of drug-likeness (QED) is 0.181. The number of aryl methyl sites for hydroxylation is 1. The van der Waals surface area contributed by atoms with Crippen molar-refractivity contribution < 1.29 is 44.2 Å². The molecule has 3 aromatic rings. The minimum atomic E-state index is -1.50. The second-order valence-corrected chi connectivity index (χ2v) is 12.7. The van der Waals surface area contributed by atoms with Gasteiger partial charge < -0.3 is 35.2 Å². The van der Waals surface area contributed by atoms with Crippen molar-refractivity contribution in [3.63, 3.8) is 0 Å². The van der Waals surface area contributed by atoms with Crippen LogP contribution in [0.2, 0.25) is 0 Å². The second kappa shape index (κ2) is 11.6. The molecule has 1 unspecified atom stereocenters. The van der Waals surface area contributed by atoms with Gasteiger partial charge in [-0.1, -0.05) is 31.2 Å². The molecule has 0 aromatic heterocycles. The summed E-state index contributed by atoms with van der Waals surface area (Å²) in [6.07, 6.45) is -4.00. The van der Waals surface area contributed by atoms with Gasteiger partial charge in [0.1, 0.15) is 41.6 Å². The lowest BCUT2D eigenvalue weighted by atomic mass is 9.65. The average molecular weight is 620 g/mol. The predicted molar refractivity (Wildman–Crippen MR) is 162 cm³/mol. The highest BCUT2D eigenvalue weighted by Gasteiger charge is 2.67. The van der Waals surface area contributed by atoms with Gasteiger partial charge in [0, 0.05) is 29.2 Å². The van der Waals surface area contributed by atoms with Crippen molar-refractivity contribution in [1.29, 1.82) is 0 Å². The Labute approximate surface area is 260 Å². The molecule has 3 fully saturated rings. The largest absolute Gasteiger partial charge is 0.508 e. The van der Waals surface area contributed by atoms with E-state index in [0.717, 1.165) is 12.0 Å². The van der Waals surface area contributed by atoms with Crippen LogP contribution in [0.5, 0.6) is 5.75 Å². The number of carbonyl (C=O) groups excluding carboxylic acids is 2. The third-order valence-corrected chi connectivity index (χ3v) is 10.0. The Balaban J connectivity index is 1.29. The molecule has 0 bridgehead atoms. The van der Waals surface area contributed by atoms with Gasteiger partial charge >= 0.3 is 0 Å². The van der Waals surface area contributed by atoms with Crippen LogP contribution in [0.3, 0.4) is 0 Å². The van der Waals surface area contributed by atoms with Crippen molar-refractivity contribution in [2.45, 2.75) is 81.5 Å². The molecular weight excluding hydrogens is 581 g/mol. The molecule has 1 amide bonds. The van der Waals surface area contributed by atoms with Gasteiger partial charge in [0.2, 0.25) is 5.91 Å². The SMILES string of the molecule is CCc1ccc(N2C(=O)[C@](C)(CCC(=O)c3ccc(F)cc3)[C@H]2c2ccc([C@@H]3CC34O[C@H](CO)[C@@H](O)[C@H](O)[C@H]4O)cc2O)cc1. The Kier molecular flexibility index (Phi) is 8.07. The minimum Gasteiger partial charge on any atom is -0.508 e. The van der Waals surface area contributed by atoms with Crippen LogP contribution in [0.1, 0.15) is 72.1 Å². The molecule has 45 heavy (non-hydrogen) atoms. The molecule has 2 aliphatic heterocycles. The van der Waals surface area contributed by atoms with E-state index in [1.807, 2.05) is 31.2 Å². The van der Waals surface area contributed by atoms with Crippen molar-refractivity contribution >= 4 is 17.4 Å². The average Bonchev–Trinajstić information content (AvgIpc) is 3.78. The number of carbonyl (C=O) groups is 2. The second-order valence-electron chi connectivity index (χ2n) is 12.7.